The van der Waals surface area contributed by atoms with Crippen LogP contribution >= 0.6 is 61.5 Å². The summed E-state index contributed by atoms with van der Waals surface area (Å²) in [7, 11) is 0. The molecular formula is C13H12BrClINS. The van der Waals surface area contributed by atoms with Crippen molar-refractivity contribution >= 4 is 61.5 Å². The normalized spacial score (nSPS) is 12.7. The standard InChI is InChI=1S/C13H12BrClINS/c1-2-17-13(9-6-18-7-10(9)14)8-3-4-12(16)11(15)5-8/h3-7,13,17H,2H2,1H3. The fraction of sp³-hybridized carbons (Fsp3) is 0.231. The molecule has 0 saturated carbocycles. The van der Waals surface area contributed by atoms with Crippen molar-refractivity contribution in [3.8, 4) is 0 Å². The lowest BCUT2D eigenvalue weighted by molar-refractivity contribution is 0.630. The first-order chi connectivity index (χ1) is 8.63. The Morgan fingerprint density at radius 3 is 2.78 bits per heavy atom. The molecule has 1 aromatic carbocycles. The molecule has 1 nitrogen and oxygen atoms in total. The Bertz CT molecular complexity index is 544. The second kappa shape index (κ2) is 6.70. The number of benzene rings is 1. The number of hydrogen-bond acceptors (Lipinski definition) is 2. The highest BCUT2D eigenvalue weighted by Gasteiger charge is 2.17. The van der Waals surface area contributed by atoms with E-state index in [9.17, 15) is 0 Å². The average Bonchev–Trinajstić information content (AvgIpc) is 2.76. The van der Waals surface area contributed by atoms with Gasteiger partial charge in [0.05, 0.1) is 11.1 Å². The zero-order chi connectivity index (χ0) is 13.1. The molecule has 2 aromatic rings. The molecule has 2 rings (SSSR count). The maximum Gasteiger partial charge on any atom is 0.0596 e. The van der Waals surface area contributed by atoms with Crippen molar-refractivity contribution in [1.82, 2.24) is 5.32 Å². The van der Waals surface area contributed by atoms with Gasteiger partial charge in [-0.3, -0.25) is 0 Å². The van der Waals surface area contributed by atoms with Crippen LogP contribution in [0, 0.1) is 3.57 Å². The second-order valence-electron chi connectivity index (χ2n) is 3.84. The van der Waals surface area contributed by atoms with Gasteiger partial charge in [-0.2, -0.15) is 11.3 Å². The number of halogens is 3. The topological polar surface area (TPSA) is 12.0 Å². The third-order valence-electron chi connectivity index (χ3n) is 2.64. The zero-order valence-corrected chi connectivity index (χ0v) is 15.0. The molecule has 0 amide bonds. The van der Waals surface area contributed by atoms with Crippen LogP contribution in [-0.2, 0) is 0 Å². The third-order valence-corrected chi connectivity index (χ3v) is 5.96. The lowest BCUT2D eigenvalue weighted by Crippen LogP contribution is -2.21. The van der Waals surface area contributed by atoms with Crippen molar-refractivity contribution in [3.05, 3.63) is 53.2 Å². The van der Waals surface area contributed by atoms with Crippen molar-refractivity contribution in [2.75, 3.05) is 6.54 Å². The van der Waals surface area contributed by atoms with Crippen LogP contribution in [0.1, 0.15) is 24.1 Å². The van der Waals surface area contributed by atoms with Crippen molar-refractivity contribution in [2.45, 2.75) is 13.0 Å². The van der Waals surface area contributed by atoms with Crippen LogP contribution in [-0.4, -0.2) is 6.54 Å². The van der Waals surface area contributed by atoms with Crippen molar-refractivity contribution in [3.63, 3.8) is 0 Å². The van der Waals surface area contributed by atoms with Gasteiger partial charge in [-0.05, 0) is 73.7 Å². The van der Waals surface area contributed by atoms with Crippen LogP contribution in [0.15, 0.2) is 33.4 Å². The van der Waals surface area contributed by atoms with Gasteiger partial charge in [-0.1, -0.05) is 24.6 Å². The van der Waals surface area contributed by atoms with E-state index in [0.717, 1.165) is 19.6 Å². The number of hydrogen-bond donors (Lipinski definition) is 1. The molecule has 1 N–H and O–H groups in total. The largest absolute Gasteiger partial charge is 0.306 e. The molecule has 1 aromatic heterocycles. The highest BCUT2D eigenvalue weighted by atomic mass is 127. The summed E-state index contributed by atoms with van der Waals surface area (Å²) in [6.07, 6.45) is 0. The summed E-state index contributed by atoms with van der Waals surface area (Å²) >= 11 is 13.8. The van der Waals surface area contributed by atoms with Gasteiger partial charge in [0.15, 0.2) is 0 Å². The molecule has 1 unspecified atom stereocenters. The van der Waals surface area contributed by atoms with Gasteiger partial charge in [0.1, 0.15) is 0 Å². The molecule has 0 radical (unpaired) electrons. The minimum atomic E-state index is 0.185. The van der Waals surface area contributed by atoms with E-state index in [1.54, 1.807) is 11.3 Å². The minimum Gasteiger partial charge on any atom is -0.306 e. The molecule has 18 heavy (non-hydrogen) atoms. The Hall–Kier alpha value is 0.380. The Morgan fingerprint density at radius 2 is 2.22 bits per heavy atom. The van der Waals surface area contributed by atoms with E-state index in [0.29, 0.717) is 0 Å². The van der Waals surface area contributed by atoms with E-state index in [1.807, 2.05) is 6.07 Å². The highest BCUT2D eigenvalue weighted by molar-refractivity contribution is 14.1. The molecule has 0 fully saturated rings. The van der Waals surface area contributed by atoms with Crippen molar-refractivity contribution in [1.29, 1.82) is 0 Å². The molecule has 5 heteroatoms. The average molecular weight is 457 g/mol. The molecule has 0 aliphatic rings. The van der Waals surface area contributed by atoms with Crippen LogP contribution in [0.25, 0.3) is 0 Å². The van der Waals surface area contributed by atoms with Gasteiger partial charge in [0.2, 0.25) is 0 Å². The van der Waals surface area contributed by atoms with Crippen molar-refractivity contribution in [2.24, 2.45) is 0 Å². The minimum absolute atomic E-state index is 0.185. The Labute approximate surface area is 138 Å². The predicted octanol–water partition coefficient (Wildman–Crippen LogP) is 5.47. The summed E-state index contributed by atoms with van der Waals surface area (Å²) in [6, 6.07) is 6.42. The number of nitrogens with one attached hydrogen (secondary N) is 1. The van der Waals surface area contributed by atoms with Gasteiger partial charge in [0, 0.05) is 13.4 Å². The summed E-state index contributed by atoms with van der Waals surface area (Å²) in [6.45, 7) is 3.03. The van der Waals surface area contributed by atoms with Crippen LogP contribution < -0.4 is 5.32 Å². The molecule has 0 saturated heterocycles. The Morgan fingerprint density at radius 1 is 1.44 bits per heavy atom. The quantitative estimate of drug-likeness (QED) is 0.602. The van der Waals surface area contributed by atoms with Crippen LogP contribution in [0.3, 0.4) is 0 Å². The first-order valence-corrected chi connectivity index (χ1v) is 8.72. The molecule has 0 aliphatic carbocycles. The van der Waals surface area contributed by atoms with Gasteiger partial charge < -0.3 is 5.32 Å². The second-order valence-corrected chi connectivity index (χ2v) is 7.01. The van der Waals surface area contributed by atoms with Crippen LogP contribution in [0.4, 0.5) is 0 Å². The van der Waals surface area contributed by atoms with Gasteiger partial charge in [0.25, 0.3) is 0 Å². The maximum absolute atomic E-state index is 6.21. The molecule has 96 valence electrons. The third kappa shape index (κ3) is 3.28. The first kappa shape index (κ1) is 14.8. The molecule has 0 bridgehead atoms. The summed E-state index contributed by atoms with van der Waals surface area (Å²) in [5.74, 6) is 0. The van der Waals surface area contributed by atoms with E-state index in [-0.39, 0.29) is 6.04 Å². The lowest BCUT2D eigenvalue weighted by atomic mass is 10.0. The smallest absolute Gasteiger partial charge is 0.0596 e. The molecule has 1 heterocycles. The van der Waals surface area contributed by atoms with E-state index in [1.165, 1.54) is 11.1 Å². The monoisotopic (exact) mass is 455 g/mol. The van der Waals surface area contributed by atoms with Crippen molar-refractivity contribution < 1.29 is 0 Å². The number of thiophene rings is 1. The summed E-state index contributed by atoms with van der Waals surface area (Å²) < 4.78 is 2.23. The van der Waals surface area contributed by atoms with Gasteiger partial charge >= 0.3 is 0 Å². The Balaban J connectivity index is 2.41. The summed E-state index contributed by atoms with van der Waals surface area (Å²) in [5, 5.41) is 8.59. The predicted molar refractivity (Wildman–Crippen MR) is 91.7 cm³/mol. The Kier molecular flexibility index (Phi) is 5.50. The summed E-state index contributed by atoms with van der Waals surface area (Å²) in [4.78, 5) is 0. The first-order valence-electron chi connectivity index (χ1n) is 5.53. The molecule has 0 spiro atoms. The van der Waals surface area contributed by atoms with E-state index in [2.05, 4.69) is 73.7 Å². The van der Waals surface area contributed by atoms with Gasteiger partial charge in [-0.25, -0.2) is 0 Å². The van der Waals surface area contributed by atoms with Crippen LogP contribution in [0.5, 0.6) is 0 Å². The lowest BCUT2D eigenvalue weighted by Gasteiger charge is -2.18. The fourth-order valence-electron chi connectivity index (χ4n) is 1.80. The fourth-order valence-corrected chi connectivity index (χ4v) is 3.88. The molecule has 0 aliphatic heterocycles. The van der Waals surface area contributed by atoms with E-state index < -0.39 is 0 Å². The zero-order valence-electron chi connectivity index (χ0n) is 9.71. The van der Waals surface area contributed by atoms with Crippen LogP contribution in [0.2, 0.25) is 5.02 Å². The maximum atomic E-state index is 6.21. The number of rotatable bonds is 4. The molecular weight excluding hydrogens is 444 g/mol. The summed E-state index contributed by atoms with van der Waals surface area (Å²) in [5.41, 5.74) is 2.46. The van der Waals surface area contributed by atoms with E-state index >= 15 is 0 Å². The van der Waals surface area contributed by atoms with Gasteiger partial charge in [-0.15, -0.1) is 0 Å². The highest BCUT2D eigenvalue weighted by Crippen LogP contribution is 2.33. The molecule has 1 atom stereocenters. The SMILES string of the molecule is CCNC(c1ccc(I)c(Cl)c1)c1cscc1Br. The van der Waals surface area contributed by atoms with E-state index in [4.69, 9.17) is 11.6 Å².